The number of benzene rings is 1. The van der Waals surface area contributed by atoms with Crippen molar-refractivity contribution < 1.29 is 0 Å². The van der Waals surface area contributed by atoms with Crippen LogP contribution in [0.3, 0.4) is 0 Å². The summed E-state index contributed by atoms with van der Waals surface area (Å²) in [4.78, 5) is 3.52. The van der Waals surface area contributed by atoms with E-state index in [-0.39, 0.29) is 0 Å². The summed E-state index contributed by atoms with van der Waals surface area (Å²) in [5, 5.41) is 0. The molecule has 0 bridgehead atoms. The van der Waals surface area contributed by atoms with Crippen LogP contribution in [-0.2, 0) is 0 Å². The van der Waals surface area contributed by atoms with Gasteiger partial charge in [-0.2, -0.15) is 0 Å². The maximum Gasteiger partial charge on any atom is 0.239 e. The molecule has 1 aromatic heterocycles. The first-order valence-corrected chi connectivity index (χ1v) is 15.9. The van der Waals surface area contributed by atoms with Crippen molar-refractivity contribution in [2.24, 2.45) is 5.92 Å². The van der Waals surface area contributed by atoms with E-state index in [2.05, 4.69) is 163 Å². The van der Waals surface area contributed by atoms with Crippen LogP contribution in [0.15, 0.2) is 138 Å². The summed E-state index contributed by atoms with van der Waals surface area (Å²) in [5.74, 6) is 0.326. The van der Waals surface area contributed by atoms with Crippen LogP contribution in [-0.4, -0.2) is 0 Å². The third kappa shape index (κ3) is 12.1. The van der Waals surface area contributed by atoms with Crippen LogP contribution >= 0.6 is 24.0 Å². The Hall–Kier alpha value is -3.20. The highest BCUT2D eigenvalue weighted by Gasteiger charge is 2.18. The van der Waals surface area contributed by atoms with Crippen molar-refractivity contribution in [3.63, 3.8) is 0 Å². The quantitative estimate of drug-likeness (QED) is 0.0978. The van der Waals surface area contributed by atoms with Gasteiger partial charge in [0.1, 0.15) is 0 Å². The SMILES string of the molecule is C=CC(C)/C=C/C(/C=C(/C)S)=C/C=C/C(CC)=C(/C=C/c1cc(C(/C=C\C)=C/C)[s+]c(-c2ccccc2)c1)CCC. The second-order valence-electron chi connectivity index (χ2n) is 9.98. The van der Waals surface area contributed by atoms with Crippen LogP contribution in [0.4, 0.5) is 0 Å². The van der Waals surface area contributed by atoms with Gasteiger partial charge in [-0.15, -0.1) is 19.2 Å². The van der Waals surface area contributed by atoms with E-state index >= 15 is 0 Å². The minimum atomic E-state index is 0.326. The molecule has 1 unspecified atom stereocenters. The molecule has 0 radical (unpaired) electrons. The molecule has 0 saturated heterocycles. The summed E-state index contributed by atoms with van der Waals surface area (Å²) in [7, 11) is 0. The summed E-state index contributed by atoms with van der Waals surface area (Å²) in [5.41, 5.74) is 7.57. The van der Waals surface area contributed by atoms with E-state index in [4.69, 9.17) is 0 Å². The van der Waals surface area contributed by atoms with Gasteiger partial charge in [-0.25, -0.2) is 0 Å². The standard InChI is InChI=1S/C39H46S2/c1-8-17-35(12-5)38-28-33(29-39(41-38)37-20-14-13-15-21-37)25-26-36(18-9-2)34(11-4)22-16-19-32(27-31(7)40)24-23-30(6)10-3/h8,10,12-17,19-30H,3,9,11,18H2,1-2,4-7H3/p+1/b17-8-,22-16+,24-23+,26-25+,31-27-,32-19-,35-12+,36-34+. The third-order valence-corrected chi connectivity index (χ3v) is 7.81. The van der Waals surface area contributed by atoms with Crippen molar-refractivity contribution in [1.29, 1.82) is 0 Å². The van der Waals surface area contributed by atoms with Gasteiger partial charge in [0.25, 0.3) is 0 Å². The number of rotatable bonds is 14. The van der Waals surface area contributed by atoms with Gasteiger partial charge in [-0.1, -0.05) is 112 Å². The van der Waals surface area contributed by atoms with Crippen molar-refractivity contribution in [3.05, 3.63) is 148 Å². The fourth-order valence-corrected chi connectivity index (χ4v) is 5.62. The van der Waals surface area contributed by atoms with Gasteiger partial charge in [0.05, 0.1) is 0 Å². The molecular formula is C39H47S2+. The zero-order valence-corrected chi connectivity index (χ0v) is 27.4. The van der Waals surface area contributed by atoms with Crippen molar-refractivity contribution in [2.75, 3.05) is 0 Å². The zero-order chi connectivity index (χ0) is 30.0. The van der Waals surface area contributed by atoms with E-state index in [1.165, 1.54) is 37.6 Å². The molecule has 0 N–H and O–H groups in total. The first-order chi connectivity index (χ1) is 19.8. The van der Waals surface area contributed by atoms with Gasteiger partial charge >= 0.3 is 0 Å². The van der Waals surface area contributed by atoms with E-state index in [1.807, 2.05) is 24.3 Å². The monoisotopic (exact) mass is 579 g/mol. The number of thiol groups is 1. The minimum Gasteiger partial charge on any atom is -0.148 e. The molecule has 1 atom stereocenters. The Labute approximate surface area is 259 Å². The van der Waals surface area contributed by atoms with E-state index < -0.39 is 0 Å². The molecule has 0 fully saturated rings. The van der Waals surface area contributed by atoms with Crippen LogP contribution in [0.25, 0.3) is 22.1 Å². The molecule has 0 spiro atoms. The third-order valence-electron chi connectivity index (χ3n) is 6.53. The highest BCUT2D eigenvalue weighted by Crippen LogP contribution is 2.33. The summed E-state index contributed by atoms with van der Waals surface area (Å²) < 4.78 is 0. The molecule has 0 saturated carbocycles. The lowest BCUT2D eigenvalue weighted by atomic mass is 9.99. The molecule has 2 rings (SSSR count). The van der Waals surface area contributed by atoms with Crippen LogP contribution < -0.4 is 0 Å². The van der Waals surface area contributed by atoms with Gasteiger partial charge in [-0.3, -0.25) is 0 Å². The molecule has 0 aliphatic carbocycles. The number of hydrogen-bond donors (Lipinski definition) is 1. The lowest BCUT2D eigenvalue weighted by Gasteiger charge is -2.07. The summed E-state index contributed by atoms with van der Waals surface area (Å²) >= 11 is 6.33. The summed E-state index contributed by atoms with van der Waals surface area (Å²) in [6, 6.07) is 15.3. The lowest BCUT2D eigenvalue weighted by molar-refractivity contribution is 0.907. The Morgan fingerprint density at radius 2 is 1.76 bits per heavy atom. The predicted molar refractivity (Wildman–Crippen MR) is 192 cm³/mol. The van der Waals surface area contributed by atoms with E-state index in [9.17, 15) is 0 Å². The van der Waals surface area contributed by atoms with Crippen molar-refractivity contribution >= 4 is 35.6 Å². The van der Waals surface area contributed by atoms with Crippen LogP contribution in [0.1, 0.15) is 71.2 Å². The molecule has 0 nitrogen and oxygen atoms in total. The topological polar surface area (TPSA) is 0 Å². The number of hydrogen-bond acceptors (Lipinski definition) is 1. The fourth-order valence-electron chi connectivity index (χ4n) is 4.28. The predicted octanol–water partition coefficient (Wildman–Crippen LogP) is 12.9. The van der Waals surface area contributed by atoms with Crippen molar-refractivity contribution in [2.45, 2.75) is 60.8 Å². The Balaban J connectivity index is 2.54. The average molecular weight is 580 g/mol. The average Bonchev–Trinajstić information content (AvgIpc) is 2.98. The normalized spacial score (nSPS) is 15.0. The molecule has 2 heteroatoms. The lowest BCUT2D eigenvalue weighted by Crippen LogP contribution is -1.88. The zero-order valence-electron chi connectivity index (χ0n) is 25.7. The van der Waals surface area contributed by atoms with Crippen LogP contribution in [0.2, 0.25) is 0 Å². The van der Waals surface area contributed by atoms with Gasteiger partial charge in [-0.05, 0) is 84.9 Å². The molecule has 2 aromatic rings. The molecule has 0 aliphatic heterocycles. The van der Waals surface area contributed by atoms with Crippen LogP contribution in [0.5, 0.6) is 0 Å². The largest absolute Gasteiger partial charge is 0.239 e. The smallest absolute Gasteiger partial charge is 0.148 e. The van der Waals surface area contributed by atoms with Crippen molar-refractivity contribution in [3.8, 4) is 10.4 Å². The van der Waals surface area contributed by atoms with Gasteiger partial charge in [0, 0.05) is 23.3 Å². The first-order valence-electron chi connectivity index (χ1n) is 14.6. The molecule has 1 aromatic carbocycles. The molecule has 214 valence electrons. The maximum absolute atomic E-state index is 4.49. The number of allylic oxidation sites excluding steroid dienone is 16. The fraction of sp³-hybridized carbons (Fsp3) is 0.256. The molecule has 41 heavy (non-hydrogen) atoms. The Kier molecular flexibility index (Phi) is 15.8. The van der Waals surface area contributed by atoms with Crippen LogP contribution in [0, 0.1) is 5.92 Å². The molecule has 1 heterocycles. The second-order valence-corrected chi connectivity index (χ2v) is 11.8. The van der Waals surface area contributed by atoms with Gasteiger partial charge < -0.3 is 0 Å². The van der Waals surface area contributed by atoms with Gasteiger partial charge in [0.15, 0.2) is 0 Å². The minimum absolute atomic E-state index is 0.326. The Bertz CT molecular complexity index is 1370. The summed E-state index contributed by atoms with van der Waals surface area (Å²) in [6.45, 7) is 16.7. The Morgan fingerprint density at radius 1 is 1.00 bits per heavy atom. The van der Waals surface area contributed by atoms with Gasteiger partial charge in [0.2, 0.25) is 21.1 Å². The molecular weight excluding hydrogens is 533 g/mol. The Morgan fingerprint density at radius 3 is 2.37 bits per heavy atom. The maximum atomic E-state index is 4.49. The molecule has 0 amide bonds. The second kappa shape index (κ2) is 19.0. The molecule has 0 aliphatic rings. The van der Waals surface area contributed by atoms with E-state index in [1.54, 1.807) is 0 Å². The first kappa shape index (κ1) is 34.0. The van der Waals surface area contributed by atoms with E-state index in [0.29, 0.717) is 5.92 Å². The highest BCUT2D eigenvalue weighted by molar-refractivity contribution is 7.84. The van der Waals surface area contributed by atoms with E-state index in [0.717, 1.165) is 29.7 Å². The van der Waals surface area contributed by atoms with Crippen molar-refractivity contribution in [1.82, 2.24) is 0 Å². The highest BCUT2D eigenvalue weighted by atomic mass is 32.1. The summed E-state index contributed by atoms with van der Waals surface area (Å²) in [6.07, 6.45) is 29.1.